The first-order valence-corrected chi connectivity index (χ1v) is 7.88. The largest absolute Gasteiger partial charge is 0.504 e. The number of amides is 1. The minimum absolute atomic E-state index is 0.0234. The molecular weight excluding hydrogens is 338 g/mol. The van der Waals surface area contributed by atoms with Crippen LogP contribution in [0.2, 0.25) is 0 Å². The number of ether oxygens (including phenoxy) is 2. The van der Waals surface area contributed by atoms with Crippen LogP contribution in [0.3, 0.4) is 0 Å². The molecule has 0 unspecified atom stereocenters. The van der Waals surface area contributed by atoms with E-state index in [1.807, 2.05) is 0 Å². The van der Waals surface area contributed by atoms with Gasteiger partial charge in [-0.2, -0.15) is 0 Å². The Morgan fingerprint density at radius 1 is 1.43 bits per heavy atom. The number of carbonyl (C=O) groups excluding carboxylic acids is 2. The number of rotatable bonds is 5. The van der Waals surface area contributed by atoms with Crippen molar-refractivity contribution in [3.05, 3.63) is 28.7 Å². The zero-order chi connectivity index (χ0) is 17.0. The van der Waals surface area contributed by atoms with Gasteiger partial charge in [0, 0.05) is 6.54 Å². The molecule has 6 nitrogen and oxygen atoms in total. The summed E-state index contributed by atoms with van der Waals surface area (Å²) in [6.45, 7) is 0.188. The third-order valence-corrected chi connectivity index (χ3v) is 4.52. The quantitative estimate of drug-likeness (QED) is 0.494. The van der Waals surface area contributed by atoms with Gasteiger partial charge in [-0.3, -0.25) is 14.5 Å². The van der Waals surface area contributed by atoms with Gasteiger partial charge in [0.1, 0.15) is 4.32 Å². The van der Waals surface area contributed by atoms with E-state index in [1.165, 1.54) is 36.9 Å². The van der Waals surface area contributed by atoms with E-state index < -0.39 is 5.97 Å². The van der Waals surface area contributed by atoms with Gasteiger partial charge in [-0.15, -0.1) is 0 Å². The van der Waals surface area contributed by atoms with Crippen LogP contribution in [0, 0.1) is 0 Å². The average molecular weight is 353 g/mol. The number of phenolic OH excluding ortho intramolecular Hbond substituents is 1. The minimum atomic E-state index is -0.397. The molecule has 1 aliphatic rings. The van der Waals surface area contributed by atoms with E-state index in [0.29, 0.717) is 20.5 Å². The maximum Gasteiger partial charge on any atom is 0.307 e. The number of phenols is 1. The first-order valence-electron chi connectivity index (χ1n) is 6.65. The molecule has 1 fully saturated rings. The number of methoxy groups -OCH3 is 2. The van der Waals surface area contributed by atoms with Crippen molar-refractivity contribution in [1.82, 2.24) is 4.90 Å². The Balaban J connectivity index is 2.16. The van der Waals surface area contributed by atoms with E-state index in [9.17, 15) is 14.7 Å². The maximum atomic E-state index is 12.4. The van der Waals surface area contributed by atoms with Crippen LogP contribution in [-0.2, 0) is 14.3 Å². The SMILES string of the molecule is COC(=O)CCN1C(=O)C(=Cc2ccc(O)c(OC)c2)SC1=S. The summed E-state index contributed by atoms with van der Waals surface area (Å²) in [6.07, 6.45) is 1.75. The zero-order valence-electron chi connectivity index (χ0n) is 12.6. The Kier molecular flexibility index (Phi) is 5.62. The van der Waals surface area contributed by atoms with Crippen molar-refractivity contribution in [3.63, 3.8) is 0 Å². The van der Waals surface area contributed by atoms with Crippen LogP contribution in [0.4, 0.5) is 0 Å². The van der Waals surface area contributed by atoms with Crippen molar-refractivity contribution in [2.45, 2.75) is 6.42 Å². The monoisotopic (exact) mass is 353 g/mol. The number of benzene rings is 1. The summed E-state index contributed by atoms with van der Waals surface area (Å²) in [5.74, 6) is -0.308. The van der Waals surface area contributed by atoms with Gasteiger partial charge < -0.3 is 14.6 Å². The molecule has 0 saturated carbocycles. The fourth-order valence-electron chi connectivity index (χ4n) is 1.93. The minimum Gasteiger partial charge on any atom is -0.504 e. The molecule has 0 aromatic heterocycles. The van der Waals surface area contributed by atoms with Gasteiger partial charge in [0.25, 0.3) is 5.91 Å². The fraction of sp³-hybridized carbons (Fsp3) is 0.267. The van der Waals surface area contributed by atoms with Crippen LogP contribution in [0.5, 0.6) is 11.5 Å². The van der Waals surface area contributed by atoms with Crippen LogP contribution < -0.4 is 4.74 Å². The highest BCUT2D eigenvalue weighted by Crippen LogP contribution is 2.34. The van der Waals surface area contributed by atoms with Gasteiger partial charge in [-0.25, -0.2) is 0 Å². The van der Waals surface area contributed by atoms with E-state index >= 15 is 0 Å². The second-order valence-electron chi connectivity index (χ2n) is 4.59. The highest BCUT2D eigenvalue weighted by atomic mass is 32.2. The average Bonchev–Trinajstić information content (AvgIpc) is 2.80. The lowest BCUT2D eigenvalue weighted by Crippen LogP contribution is -2.30. The molecule has 0 radical (unpaired) electrons. The molecule has 0 atom stereocenters. The molecule has 1 N–H and O–H groups in total. The van der Waals surface area contributed by atoms with Gasteiger partial charge in [0.05, 0.1) is 25.5 Å². The van der Waals surface area contributed by atoms with E-state index in [1.54, 1.807) is 18.2 Å². The van der Waals surface area contributed by atoms with Crippen LogP contribution in [0.15, 0.2) is 23.1 Å². The summed E-state index contributed by atoms with van der Waals surface area (Å²) in [5.41, 5.74) is 0.702. The first-order chi connectivity index (χ1) is 11.0. The molecule has 1 aromatic carbocycles. The van der Waals surface area contributed by atoms with E-state index in [4.69, 9.17) is 17.0 Å². The molecule has 23 heavy (non-hydrogen) atoms. The van der Waals surface area contributed by atoms with Gasteiger partial charge in [0.15, 0.2) is 11.5 Å². The fourth-order valence-corrected chi connectivity index (χ4v) is 3.24. The molecule has 1 aromatic rings. The maximum absolute atomic E-state index is 12.4. The summed E-state index contributed by atoms with van der Waals surface area (Å²) >= 11 is 6.35. The number of aromatic hydroxyl groups is 1. The smallest absolute Gasteiger partial charge is 0.307 e. The number of thiocarbonyl (C=S) groups is 1. The number of carbonyl (C=O) groups is 2. The normalized spacial score (nSPS) is 16.1. The summed E-state index contributed by atoms with van der Waals surface area (Å²) in [7, 11) is 2.75. The lowest BCUT2D eigenvalue weighted by Gasteiger charge is -2.12. The molecule has 0 spiro atoms. The van der Waals surface area contributed by atoms with Crippen molar-refractivity contribution in [3.8, 4) is 11.5 Å². The number of hydrogen-bond donors (Lipinski definition) is 1. The molecule has 0 bridgehead atoms. The van der Waals surface area contributed by atoms with Crippen molar-refractivity contribution in [2.24, 2.45) is 0 Å². The van der Waals surface area contributed by atoms with Crippen LogP contribution in [0.1, 0.15) is 12.0 Å². The van der Waals surface area contributed by atoms with Crippen molar-refractivity contribution < 1.29 is 24.2 Å². The molecule has 1 saturated heterocycles. The Morgan fingerprint density at radius 3 is 2.83 bits per heavy atom. The molecule has 122 valence electrons. The van der Waals surface area contributed by atoms with Crippen molar-refractivity contribution >= 4 is 46.3 Å². The predicted octanol–water partition coefficient (Wildman–Crippen LogP) is 2.17. The Labute approximate surface area is 143 Å². The molecule has 0 aliphatic carbocycles. The third-order valence-electron chi connectivity index (χ3n) is 3.14. The first kappa shape index (κ1) is 17.3. The van der Waals surface area contributed by atoms with Gasteiger partial charge >= 0.3 is 5.97 Å². The second kappa shape index (κ2) is 7.47. The molecule has 1 aliphatic heterocycles. The standard InChI is InChI=1S/C15H15NO5S2/c1-20-11-7-9(3-4-10(11)17)8-12-14(19)16(15(22)23-12)6-5-13(18)21-2/h3-4,7-8,17H,5-6H2,1-2H3. The Hall–Kier alpha value is -2.06. The van der Waals surface area contributed by atoms with Crippen LogP contribution in [-0.4, -0.2) is 47.0 Å². The van der Waals surface area contributed by atoms with Crippen LogP contribution >= 0.6 is 24.0 Å². The number of nitrogens with zero attached hydrogens (tertiary/aromatic N) is 1. The van der Waals surface area contributed by atoms with Gasteiger partial charge in [0.2, 0.25) is 0 Å². The number of esters is 1. The van der Waals surface area contributed by atoms with Crippen molar-refractivity contribution in [2.75, 3.05) is 20.8 Å². The van der Waals surface area contributed by atoms with Crippen molar-refractivity contribution in [1.29, 1.82) is 0 Å². The highest BCUT2D eigenvalue weighted by molar-refractivity contribution is 8.26. The number of thioether (sulfide) groups is 1. The lowest BCUT2D eigenvalue weighted by atomic mass is 10.2. The van der Waals surface area contributed by atoms with Gasteiger partial charge in [-0.05, 0) is 23.8 Å². The predicted molar refractivity (Wildman–Crippen MR) is 91.2 cm³/mol. The summed E-state index contributed by atoms with van der Waals surface area (Å²) in [5, 5.41) is 9.59. The Bertz CT molecular complexity index is 686. The summed E-state index contributed by atoms with van der Waals surface area (Å²) in [6, 6.07) is 4.78. The van der Waals surface area contributed by atoms with E-state index in [2.05, 4.69) is 4.74 Å². The molecular formula is C15H15NO5S2. The van der Waals surface area contributed by atoms with E-state index in [0.717, 1.165) is 0 Å². The van der Waals surface area contributed by atoms with E-state index in [-0.39, 0.29) is 24.6 Å². The summed E-state index contributed by atoms with van der Waals surface area (Å²) in [4.78, 5) is 25.4. The molecule has 8 heteroatoms. The van der Waals surface area contributed by atoms with Gasteiger partial charge in [-0.1, -0.05) is 30.0 Å². The molecule has 1 heterocycles. The third kappa shape index (κ3) is 4.02. The number of hydrogen-bond acceptors (Lipinski definition) is 7. The Morgan fingerprint density at radius 2 is 2.17 bits per heavy atom. The topological polar surface area (TPSA) is 76.1 Å². The molecule has 2 rings (SSSR count). The zero-order valence-corrected chi connectivity index (χ0v) is 14.2. The lowest BCUT2D eigenvalue weighted by molar-refractivity contribution is -0.140. The summed E-state index contributed by atoms with van der Waals surface area (Å²) < 4.78 is 10.00. The second-order valence-corrected chi connectivity index (χ2v) is 6.27. The highest BCUT2D eigenvalue weighted by Gasteiger charge is 2.32. The van der Waals surface area contributed by atoms with Crippen LogP contribution in [0.25, 0.3) is 6.08 Å². The molecule has 1 amide bonds.